The van der Waals surface area contributed by atoms with Gasteiger partial charge in [-0.25, -0.2) is 0 Å². The molecule has 4 aromatic rings. The van der Waals surface area contributed by atoms with Crippen molar-refractivity contribution in [3.8, 4) is 11.3 Å². The third kappa shape index (κ3) is 4.29. The molecule has 0 unspecified atom stereocenters. The van der Waals surface area contributed by atoms with E-state index in [9.17, 15) is 14.4 Å². The molecule has 2 amide bonds. The summed E-state index contributed by atoms with van der Waals surface area (Å²) in [6.45, 7) is 5.91. The summed E-state index contributed by atoms with van der Waals surface area (Å²) >= 11 is 0. The minimum absolute atomic E-state index is 0.0678. The topological polar surface area (TPSA) is 74.1 Å². The fraction of sp³-hybridized carbons (Fsp3) is 0.258. The first kappa shape index (κ1) is 24.1. The maximum atomic E-state index is 13.5. The van der Waals surface area contributed by atoms with E-state index < -0.39 is 0 Å². The van der Waals surface area contributed by atoms with E-state index in [0.29, 0.717) is 59.6 Å². The molecular weight excluding hydrogens is 478 g/mol. The smallest absolute Gasteiger partial charge is 0.257 e. The first-order valence-corrected chi connectivity index (χ1v) is 13.0. The average Bonchev–Trinajstić information content (AvgIpc) is 2.94. The number of carbonyl (C=O) groups excluding carboxylic acids is 2. The molecule has 2 saturated heterocycles. The van der Waals surface area contributed by atoms with Crippen molar-refractivity contribution in [1.29, 1.82) is 0 Å². The molecule has 6 rings (SSSR count). The Balaban J connectivity index is 1.15. The summed E-state index contributed by atoms with van der Waals surface area (Å²) in [6, 6.07) is 24.3. The monoisotopic (exact) mass is 507 g/mol. The predicted molar refractivity (Wildman–Crippen MR) is 146 cm³/mol. The molecular formula is C31H29N3O4. The number of likely N-dealkylation sites (tertiary alicyclic amines) is 1. The highest BCUT2D eigenvalue weighted by molar-refractivity contribution is 6.05. The molecule has 0 N–H and O–H groups in total. The van der Waals surface area contributed by atoms with Crippen LogP contribution in [0, 0.1) is 6.92 Å². The maximum absolute atomic E-state index is 13.5. The zero-order valence-electron chi connectivity index (χ0n) is 21.3. The molecule has 7 nitrogen and oxygen atoms in total. The number of carbonyl (C=O) groups is 2. The number of nitrogens with zero attached hydrogens (tertiary/aromatic N) is 3. The van der Waals surface area contributed by atoms with Crippen LogP contribution in [0.4, 0.5) is 0 Å². The number of benzene rings is 3. The van der Waals surface area contributed by atoms with Crippen LogP contribution >= 0.6 is 0 Å². The fourth-order valence-electron chi connectivity index (χ4n) is 5.42. The molecule has 2 aliphatic heterocycles. The Morgan fingerprint density at radius 1 is 0.763 bits per heavy atom. The van der Waals surface area contributed by atoms with Gasteiger partial charge in [0.05, 0.1) is 10.9 Å². The molecule has 0 atom stereocenters. The van der Waals surface area contributed by atoms with E-state index in [1.54, 1.807) is 25.1 Å². The molecule has 3 heterocycles. The predicted octanol–water partition coefficient (Wildman–Crippen LogP) is 4.05. The van der Waals surface area contributed by atoms with Gasteiger partial charge in [-0.2, -0.15) is 0 Å². The van der Waals surface area contributed by atoms with Gasteiger partial charge in [0, 0.05) is 62.0 Å². The van der Waals surface area contributed by atoms with Crippen LogP contribution in [0.15, 0.2) is 88.1 Å². The minimum atomic E-state index is -0.129. The Labute approximate surface area is 220 Å². The van der Waals surface area contributed by atoms with E-state index in [1.165, 1.54) is 0 Å². The fourth-order valence-corrected chi connectivity index (χ4v) is 5.42. The quantitative estimate of drug-likeness (QED) is 0.417. The lowest BCUT2D eigenvalue weighted by Gasteiger charge is -2.48. The second kappa shape index (κ2) is 9.91. The maximum Gasteiger partial charge on any atom is 0.257 e. The van der Waals surface area contributed by atoms with E-state index in [2.05, 4.69) is 4.90 Å². The van der Waals surface area contributed by atoms with Crippen LogP contribution in [-0.2, 0) is 0 Å². The second-order valence-corrected chi connectivity index (χ2v) is 9.99. The normalized spacial score (nSPS) is 16.4. The summed E-state index contributed by atoms with van der Waals surface area (Å²) in [4.78, 5) is 45.5. The number of rotatable bonds is 4. The van der Waals surface area contributed by atoms with Gasteiger partial charge in [0.2, 0.25) is 0 Å². The molecule has 7 heteroatoms. The van der Waals surface area contributed by atoms with Gasteiger partial charge in [-0.05, 0) is 31.2 Å². The highest BCUT2D eigenvalue weighted by Gasteiger charge is 2.37. The SMILES string of the molecule is Cc1c(-c2ccccc2)oc2c(C(=O)N3CC(N4CCN(C(=O)c5ccccc5)CC4)C3)cccc2c1=O. The lowest BCUT2D eigenvalue weighted by molar-refractivity contribution is 0.00859. The largest absolute Gasteiger partial charge is 0.455 e. The highest BCUT2D eigenvalue weighted by Crippen LogP contribution is 2.29. The van der Waals surface area contributed by atoms with E-state index in [4.69, 9.17) is 4.42 Å². The van der Waals surface area contributed by atoms with Crippen LogP contribution < -0.4 is 5.43 Å². The van der Waals surface area contributed by atoms with E-state index in [-0.39, 0.29) is 23.3 Å². The van der Waals surface area contributed by atoms with Gasteiger partial charge in [0.25, 0.3) is 11.8 Å². The summed E-state index contributed by atoms with van der Waals surface area (Å²) < 4.78 is 6.25. The first-order valence-electron chi connectivity index (χ1n) is 13.0. The van der Waals surface area contributed by atoms with Gasteiger partial charge >= 0.3 is 0 Å². The summed E-state index contributed by atoms with van der Waals surface area (Å²) in [6.07, 6.45) is 0. The molecule has 0 saturated carbocycles. The summed E-state index contributed by atoms with van der Waals surface area (Å²) in [5, 5.41) is 0.421. The molecule has 0 radical (unpaired) electrons. The van der Waals surface area contributed by atoms with Gasteiger partial charge in [0.15, 0.2) is 11.0 Å². The van der Waals surface area contributed by atoms with Gasteiger partial charge in [-0.3, -0.25) is 19.3 Å². The first-order chi connectivity index (χ1) is 18.5. The van der Waals surface area contributed by atoms with Crippen LogP contribution in [0.1, 0.15) is 26.3 Å². The second-order valence-electron chi connectivity index (χ2n) is 9.99. The molecule has 192 valence electrons. The lowest BCUT2D eigenvalue weighted by atomic mass is 10.0. The van der Waals surface area contributed by atoms with Crippen molar-refractivity contribution in [2.45, 2.75) is 13.0 Å². The Morgan fingerprint density at radius 2 is 1.42 bits per heavy atom. The van der Waals surface area contributed by atoms with E-state index in [1.807, 2.05) is 70.5 Å². The average molecular weight is 508 g/mol. The van der Waals surface area contributed by atoms with Gasteiger partial charge in [-0.1, -0.05) is 54.6 Å². The van der Waals surface area contributed by atoms with Crippen LogP contribution in [0.3, 0.4) is 0 Å². The lowest BCUT2D eigenvalue weighted by Crippen LogP contribution is -2.64. The van der Waals surface area contributed by atoms with Gasteiger partial charge in [-0.15, -0.1) is 0 Å². The number of amides is 2. The summed E-state index contributed by atoms with van der Waals surface area (Å²) in [5.41, 5.74) is 2.68. The van der Waals surface area contributed by atoms with Gasteiger partial charge < -0.3 is 14.2 Å². The number of hydrogen-bond donors (Lipinski definition) is 0. The van der Waals surface area contributed by atoms with Gasteiger partial charge in [0.1, 0.15) is 5.76 Å². The highest BCUT2D eigenvalue weighted by atomic mass is 16.3. The molecule has 2 aliphatic rings. The molecule has 1 aromatic heterocycles. The molecule has 0 spiro atoms. The summed E-state index contributed by atoms with van der Waals surface area (Å²) in [5.74, 6) is 0.432. The third-order valence-electron chi connectivity index (χ3n) is 7.70. The van der Waals surface area contributed by atoms with Crippen molar-refractivity contribution in [1.82, 2.24) is 14.7 Å². The van der Waals surface area contributed by atoms with Crippen LogP contribution in [0.25, 0.3) is 22.3 Å². The molecule has 0 aliphatic carbocycles. The summed E-state index contributed by atoms with van der Waals surface area (Å²) in [7, 11) is 0. The van der Waals surface area contributed by atoms with Crippen LogP contribution in [0.5, 0.6) is 0 Å². The zero-order chi connectivity index (χ0) is 26.2. The van der Waals surface area contributed by atoms with Crippen molar-refractivity contribution in [2.24, 2.45) is 0 Å². The number of para-hydroxylation sites is 1. The van der Waals surface area contributed by atoms with Crippen molar-refractivity contribution < 1.29 is 14.0 Å². The Hall–Kier alpha value is -4.23. The van der Waals surface area contributed by atoms with Crippen molar-refractivity contribution >= 4 is 22.8 Å². The molecule has 0 bridgehead atoms. The number of fused-ring (bicyclic) bond motifs is 1. The zero-order valence-corrected chi connectivity index (χ0v) is 21.3. The number of hydrogen-bond acceptors (Lipinski definition) is 5. The third-order valence-corrected chi connectivity index (χ3v) is 7.70. The van der Waals surface area contributed by atoms with E-state index >= 15 is 0 Å². The van der Waals surface area contributed by atoms with Crippen molar-refractivity contribution in [3.05, 3.63) is 106 Å². The molecule has 3 aromatic carbocycles. The van der Waals surface area contributed by atoms with Crippen LogP contribution in [0.2, 0.25) is 0 Å². The van der Waals surface area contributed by atoms with Crippen molar-refractivity contribution in [2.75, 3.05) is 39.3 Å². The standard InChI is InChI=1S/C31H29N3O4/c1-21-27(35)25-13-8-14-26(29(25)38-28(21)22-9-4-2-5-10-22)31(37)34-19-24(20-34)32-15-17-33(18-16-32)30(36)23-11-6-3-7-12-23/h2-14,24H,15-20H2,1H3. The molecule has 38 heavy (non-hydrogen) atoms. The Bertz CT molecular complexity index is 1550. The Kier molecular flexibility index (Phi) is 6.29. The number of piperazine rings is 1. The van der Waals surface area contributed by atoms with Crippen LogP contribution in [-0.4, -0.2) is 71.8 Å². The Morgan fingerprint density at radius 3 is 2.11 bits per heavy atom. The minimum Gasteiger partial charge on any atom is -0.455 e. The molecule has 2 fully saturated rings. The van der Waals surface area contributed by atoms with E-state index in [0.717, 1.165) is 18.7 Å². The van der Waals surface area contributed by atoms with Crippen molar-refractivity contribution in [3.63, 3.8) is 0 Å².